The maximum atomic E-state index is 15.6. The Bertz CT molecular complexity index is 1250. The Morgan fingerprint density at radius 1 is 1.19 bits per heavy atom. The van der Waals surface area contributed by atoms with E-state index in [2.05, 4.69) is 5.32 Å². The molecule has 9 nitrogen and oxygen atoms in total. The van der Waals surface area contributed by atoms with E-state index >= 15 is 4.39 Å². The van der Waals surface area contributed by atoms with Crippen molar-refractivity contribution in [3.8, 4) is 5.75 Å². The fourth-order valence-corrected chi connectivity index (χ4v) is 4.91. The van der Waals surface area contributed by atoms with Gasteiger partial charge in [-0.15, -0.1) is 0 Å². The molecule has 1 N–H and O–H groups in total. The number of alkyl carbamates (subject to hydrolysis) is 1. The number of nitrogens with one attached hydrogen (secondary N) is 1. The highest BCUT2D eigenvalue weighted by Gasteiger charge is 2.32. The lowest BCUT2D eigenvalue weighted by atomic mass is 10.1. The summed E-state index contributed by atoms with van der Waals surface area (Å²) in [5.74, 6) is -0.682. The molecule has 1 aliphatic carbocycles. The van der Waals surface area contributed by atoms with E-state index in [-0.39, 0.29) is 36.5 Å². The number of halogens is 1. The average molecular weight is 518 g/mol. The second-order valence-corrected chi connectivity index (χ2v) is 10.8. The molecule has 2 fully saturated rings. The molecule has 0 bridgehead atoms. The van der Waals surface area contributed by atoms with Crippen LogP contribution in [0.1, 0.15) is 58.6 Å². The number of hydrogen-bond acceptors (Lipinski definition) is 7. The molecule has 1 atom stereocenters. The minimum Gasteiger partial charge on any atom is -0.481 e. The second-order valence-electron chi connectivity index (χ2n) is 10.8. The molecular weight excluding hydrogens is 481 g/mol. The fourth-order valence-electron chi connectivity index (χ4n) is 4.91. The van der Waals surface area contributed by atoms with Crippen LogP contribution in [0.4, 0.5) is 14.9 Å². The summed E-state index contributed by atoms with van der Waals surface area (Å²) in [7, 11) is 0. The molecule has 1 saturated carbocycles. The number of fused-ring (bicyclic) bond motifs is 1. The predicted molar refractivity (Wildman–Crippen MR) is 138 cm³/mol. The van der Waals surface area contributed by atoms with Gasteiger partial charge in [-0.3, -0.25) is 4.79 Å². The monoisotopic (exact) mass is 517 g/mol. The highest BCUT2D eigenvalue weighted by atomic mass is 19.1. The third kappa shape index (κ3) is 6.17. The van der Waals surface area contributed by atoms with Crippen LogP contribution < -0.4 is 20.5 Å². The minimum atomic E-state index is -0.576. The Kier molecular flexibility index (Phi) is 7.66. The van der Waals surface area contributed by atoms with Crippen molar-refractivity contribution in [3.05, 3.63) is 33.9 Å². The molecule has 1 aromatic heterocycles. The summed E-state index contributed by atoms with van der Waals surface area (Å²) in [4.78, 5) is 38.9. The normalized spacial score (nSPS) is 17.7. The zero-order valence-corrected chi connectivity index (χ0v) is 22.2. The molecular formula is C27H36FN3O6. The molecule has 1 saturated heterocycles. The van der Waals surface area contributed by atoms with Crippen LogP contribution >= 0.6 is 0 Å². The third-order valence-corrected chi connectivity index (χ3v) is 6.56. The van der Waals surface area contributed by atoms with Gasteiger partial charge in [0.2, 0.25) is 0 Å². The van der Waals surface area contributed by atoms with E-state index in [1.807, 2.05) is 32.6 Å². The van der Waals surface area contributed by atoms with Gasteiger partial charge in [-0.2, -0.15) is 0 Å². The summed E-state index contributed by atoms with van der Waals surface area (Å²) in [5, 5.41) is 3.27. The van der Waals surface area contributed by atoms with Crippen LogP contribution in [0.25, 0.3) is 10.9 Å². The maximum Gasteiger partial charge on any atom is 0.407 e. The largest absolute Gasteiger partial charge is 0.481 e. The number of benzene rings is 1. The lowest BCUT2D eigenvalue weighted by molar-refractivity contribution is -0.145. The fraction of sp³-hybridized carbons (Fsp3) is 0.593. The van der Waals surface area contributed by atoms with Gasteiger partial charge in [0.25, 0.3) is 5.56 Å². The van der Waals surface area contributed by atoms with E-state index in [0.29, 0.717) is 41.8 Å². The first-order valence-corrected chi connectivity index (χ1v) is 12.9. The maximum absolute atomic E-state index is 15.6. The number of nitrogens with zero attached hydrogens (tertiary/aromatic N) is 2. The quantitative estimate of drug-likeness (QED) is 0.527. The molecule has 1 unspecified atom stereocenters. The predicted octanol–water partition coefficient (Wildman–Crippen LogP) is 4.08. The van der Waals surface area contributed by atoms with Crippen LogP contribution in [0.3, 0.4) is 0 Å². The molecule has 0 radical (unpaired) electrons. The van der Waals surface area contributed by atoms with Crippen molar-refractivity contribution in [2.75, 3.05) is 37.7 Å². The number of pyridine rings is 1. The van der Waals surface area contributed by atoms with E-state index in [0.717, 1.165) is 19.3 Å². The van der Waals surface area contributed by atoms with E-state index in [4.69, 9.17) is 14.2 Å². The van der Waals surface area contributed by atoms with Crippen molar-refractivity contribution in [3.63, 3.8) is 0 Å². The van der Waals surface area contributed by atoms with Crippen LogP contribution in [0.15, 0.2) is 16.9 Å². The van der Waals surface area contributed by atoms with Crippen LogP contribution in [0.5, 0.6) is 5.75 Å². The molecule has 1 aliphatic heterocycles. The lowest BCUT2D eigenvalue weighted by Gasteiger charge is -2.25. The zero-order chi connectivity index (χ0) is 26.9. The van der Waals surface area contributed by atoms with E-state index in [9.17, 15) is 14.4 Å². The Morgan fingerprint density at radius 3 is 2.57 bits per heavy atom. The number of carbonyl (C=O) groups excluding carboxylic acids is 2. The molecule has 0 spiro atoms. The number of ether oxygens (including phenoxy) is 3. The lowest BCUT2D eigenvalue weighted by Crippen LogP contribution is -2.36. The van der Waals surface area contributed by atoms with Crippen molar-refractivity contribution in [1.82, 2.24) is 9.88 Å². The molecule has 2 aliphatic rings. The molecule has 37 heavy (non-hydrogen) atoms. The van der Waals surface area contributed by atoms with Gasteiger partial charge in [0.05, 0.1) is 17.8 Å². The summed E-state index contributed by atoms with van der Waals surface area (Å²) in [6.07, 6.45) is 2.08. The SMILES string of the molecule is CCOC(=O)COc1cc(=O)n(C2CC2)c2c(C)c(N3CCC(CNC(=O)OC(C)(C)C)C3)c(F)cc12. The number of carbonyl (C=O) groups is 2. The highest BCUT2D eigenvalue weighted by molar-refractivity contribution is 5.92. The molecule has 202 valence electrons. The first-order valence-electron chi connectivity index (χ1n) is 12.9. The minimum absolute atomic E-state index is 0.0653. The van der Waals surface area contributed by atoms with Crippen molar-refractivity contribution >= 4 is 28.7 Å². The summed E-state index contributed by atoms with van der Waals surface area (Å²) >= 11 is 0. The number of anilines is 1. The molecule has 2 aromatic rings. The van der Waals surface area contributed by atoms with E-state index < -0.39 is 23.5 Å². The Balaban J connectivity index is 1.61. The van der Waals surface area contributed by atoms with Gasteiger partial charge >= 0.3 is 12.1 Å². The van der Waals surface area contributed by atoms with Gasteiger partial charge in [0.15, 0.2) is 6.61 Å². The van der Waals surface area contributed by atoms with Crippen LogP contribution in [-0.2, 0) is 14.3 Å². The second kappa shape index (κ2) is 10.6. The summed E-state index contributed by atoms with van der Waals surface area (Å²) in [5.41, 5.74) is 0.911. The Hall–Kier alpha value is -3.30. The van der Waals surface area contributed by atoms with Crippen molar-refractivity contribution < 1.29 is 28.2 Å². The smallest absolute Gasteiger partial charge is 0.407 e. The molecule has 4 rings (SSSR count). The van der Waals surface area contributed by atoms with Gasteiger partial charge in [-0.05, 0) is 71.4 Å². The van der Waals surface area contributed by atoms with E-state index in [1.165, 1.54) is 12.1 Å². The summed E-state index contributed by atoms with van der Waals surface area (Å²) in [6, 6.07) is 2.78. The number of aryl methyl sites for hydroxylation is 1. The Morgan fingerprint density at radius 2 is 1.92 bits per heavy atom. The number of amides is 1. The average Bonchev–Trinajstić information content (AvgIpc) is 3.53. The van der Waals surface area contributed by atoms with Crippen LogP contribution in [0.2, 0.25) is 0 Å². The van der Waals surface area contributed by atoms with Crippen molar-refractivity contribution in [2.24, 2.45) is 5.92 Å². The first-order chi connectivity index (χ1) is 17.5. The topological polar surface area (TPSA) is 99.1 Å². The van der Waals surface area contributed by atoms with Gasteiger partial charge < -0.3 is 29.0 Å². The molecule has 2 heterocycles. The van der Waals surface area contributed by atoms with E-state index in [1.54, 1.807) is 11.5 Å². The van der Waals surface area contributed by atoms with Gasteiger partial charge in [0.1, 0.15) is 17.2 Å². The van der Waals surface area contributed by atoms with Crippen LogP contribution in [-0.4, -0.2) is 55.1 Å². The summed E-state index contributed by atoms with van der Waals surface area (Å²) < 4.78 is 33.2. The first kappa shape index (κ1) is 26.8. The molecule has 1 amide bonds. The number of esters is 1. The standard InChI is InChI=1S/C27H36FN3O6/c1-6-35-23(33)15-36-21-12-22(32)31(18-7-8-18)24-16(2)25(20(28)11-19(21)24)30-10-9-17(14-30)13-29-26(34)37-27(3,4)5/h11-12,17-18H,6-10,13-15H2,1-5H3,(H,29,34). The molecule has 10 heteroatoms. The van der Waals surface area contributed by atoms with Crippen molar-refractivity contribution in [2.45, 2.75) is 65.5 Å². The van der Waals surface area contributed by atoms with Gasteiger partial charge in [0, 0.05) is 37.1 Å². The van der Waals surface area contributed by atoms with Crippen LogP contribution in [0, 0.1) is 18.7 Å². The molecule has 1 aromatic carbocycles. The number of hydrogen-bond donors (Lipinski definition) is 1. The summed E-state index contributed by atoms with van der Waals surface area (Å²) in [6.45, 7) is 10.4. The zero-order valence-electron chi connectivity index (χ0n) is 22.2. The highest BCUT2D eigenvalue weighted by Crippen LogP contribution is 2.42. The van der Waals surface area contributed by atoms with Gasteiger partial charge in [-0.1, -0.05) is 0 Å². The Labute approximate surface area is 215 Å². The number of rotatable bonds is 8. The third-order valence-electron chi connectivity index (χ3n) is 6.56. The van der Waals surface area contributed by atoms with Crippen molar-refractivity contribution in [1.29, 1.82) is 0 Å². The van der Waals surface area contributed by atoms with Gasteiger partial charge in [-0.25, -0.2) is 14.0 Å². The number of aromatic nitrogens is 1.